The zero-order chi connectivity index (χ0) is 13.9. The highest BCUT2D eigenvalue weighted by atomic mass is 32.1. The Morgan fingerprint density at radius 1 is 1.44 bits per heavy atom. The van der Waals surface area contributed by atoms with Crippen LogP contribution in [0.25, 0.3) is 0 Å². The summed E-state index contributed by atoms with van der Waals surface area (Å²) in [6.07, 6.45) is 0. The highest BCUT2D eigenvalue weighted by Crippen LogP contribution is 2.22. The van der Waals surface area contributed by atoms with Crippen LogP contribution in [0.3, 0.4) is 0 Å². The maximum absolute atomic E-state index is 12.3. The lowest BCUT2D eigenvalue weighted by molar-refractivity contribution is 0.0886. The second kappa shape index (κ2) is 5.75. The molecule has 6 heteroatoms. The van der Waals surface area contributed by atoms with E-state index < -0.39 is 5.54 Å². The molecule has 0 bridgehead atoms. The van der Waals surface area contributed by atoms with Crippen LogP contribution in [0.1, 0.15) is 55.9 Å². The Bertz CT molecular complexity index is 416. The summed E-state index contributed by atoms with van der Waals surface area (Å²) in [4.78, 5) is 12.9. The first-order valence-electron chi connectivity index (χ1n) is 6.16. The van der Waals surface area contributed by atoms with Crippen LogP contribution in [0.2, 0.25) is 0 Å². The topological polar surface area (TPSA) is 80.9 Å². The molecule has 0 saturated heterocycles. The molecule has 18 heavy (non-hydrogen) atoms. The Morgan fingerprint density at radius 3 is 2.50 bits per heavy atom. The van der Waals surface area contributed by atoms with Crippen molar-refractivity contribution in [2.45, 2.75) is 46.1 Å². The third-order valence-electron chi connectivity index (χ3n) is 3.36. The Balaban J connectivity index is 2.92. The number of aromatic nitrogens is 2. The van der Waals surface area contributed by atoms with Gasteiger partial charge >= 0.3 is 0 Å². The highest BCUT2D eigenvalue weighted by Gasteiger charge is 2.30. The molecule has 0 spiro atoms. The van der Waals surface area contributed by atoms with Crippen LogP contribution in [0.4, 0.5) is 0 Å². The van der Waals surface area contributed by atoms with Gasteiger partial charge in [-0.05, 0) is 30.3 Å². The molecule has 0 aliphatic heterocycles. The van der Waals surface area contributed by atoms with E-state index in [1.54, 1.807) is 0 Å². The Morgan fingerprint density at radius 2 is 2.06 bits per heavy atom. The molecule has 0 aromatic carbocycles. The molecule has 0 aliphatic carbocycles. The summed E-state index contributed by atoms with van der Waals surface area (Å²) in [5.41, 5.74) is 6.11. The number of hydrogen-bond donors (Lipinski definition) is 2. The zero-order valence-corrected chi connectivity index (χ0v) is 12.5. The van der Waals surface area contributed by atoms with E-state index in [-0.39, 0.29) is 17.7 Å². The van der Waals surface area contributed by atoms with Crippen molar-refractivity contribution in [1.29, 1.82) is 0 Å². The van der Waals surface area contributed by atoms with Crippen LogP contribution in [-0.2, 0) is 0 Å². The number of carbonyl (C=O) groups excluding carboxylic acids is 1. The van der Waals surface area contributed by atoms with Crippen molar-refractivity contribution in [3.63, 3.8) is 0 Å². The summed E-state index contributed by atoms with van der Waals surface area (Å²) >= 11 is 1.13. The van der Waals surface area contributed by atoms with Crippen molar-refractivity contribution >= 4 is 17.4 Å². The summed E-state index contributed by atoms with van der Waals surface area (Å²) in [6, 6.07) is 0. The normalized spacial score (nSPS) is 14.9. The van der Waals surface area contributed by atoms with E-state index in [4.69, 9.17) is 5.73 Å². The van der Waals surface area contributed by atoms with Crippen LogP contribution >= 0.6 is 11.5 Å². The standard InChI is InChI=1S/C12H22N4OS/c1-7(2)9-10(18-16-15-9)11(17)14-12(5,6-13)8(3)4/h7-8H,6,13H2,1-5H3,(H,14,17). The van der Waals surface area contributed by atoms with Gasteiger partial charge in [-0.1, -0.05) is 32.2 Å². The van der Waals surface area contributed by atoms with E-state index in [0.717, 1.165) is 17.2 Å². The van der Waals surface area contributed by atoms with Gasteiger partial charge in [-0.2, -0.15) is 0 Å². The number of nitrogens with two attached hydrogens (primary N) is 1. The smallest absolute Gasteiger partial charge is 0.265 e. The van der Waals surface area contributed by atoms with E-state index in [2.05, 4.69) is 14.9 Å². The molecule has 0 fully saturated rings. The van der Waals surface area contributed by atoms with Gasteiger partial charge < -0.3 is 11.1 Å². The van der Waals surface area contributed by atoms with E-state index in [0.29, 0.717) is 11.4 Å². The fraction of sp³-hybridized carbons (Fsp3) is 0.750. The van der Waals surface area contributed by atoms with E-state index >= 15 is 0 Å². The second-order valence-electron chi connectivity index (χ2n) is 5.37. The number of hydrogen-bond acceptors (Lipinski definition) is 5. The van der Waals surface area contributed by atoms with Gasteiger partial charge in [0.2, 0.25) is 0 Å². The van der Waals surface area contributed by atoms with E-state index in [9.17, 15) is 4.79 Å². The van der Waals surface area contributed by atoms with Gasteiger partial charge in [0.25, 0.3) is 5.91 Å². The Hall–Kier alpha value is -1.01. The lowest BCUT2D eigenvalue weighted by Crippen LogP contribution is -2.55. The van der Waals surface area contributed by atoms with Gasteiger partial charge in [-0.3, -0.25) is 4.79 Å². The SMILES string of the molecule is CC(C)c1nnsc1C(=O)NC(C)(CN)C(C)C. The van der Waals surface area contributed by atoms with Gasteiger partial charge in [0.05, 0.1) is 11.2 Å². The molecule has 3 N–H and O–H groups in total. The number of nitrogens with zero attached hydrogens (tertiary/aromatic N) is 2. The average molecular weight is 270 g/mol. The monoisotopic (exact) mass is 270 g/mol. The maximum Gasteiger partial charge on any atom is 0.265 e. The molecule has 5 nitrogen and oxygen atoms in total. The predicted octanol–water partition coefficient (Wildman–Crippen LogP) is 1.76. The van der Waals surface area contributed by atoms with Crippen molar-refractivity contribution < 1.29 is 4.79 Å². The van der Waals surface area contributed by atoms with Crippen LogP contribution in [-0.4, -0.2) is 27.6 Å². The maximum atomic E-state index is 12.3. The highest BCUT2D eigenvalue weighted by molar-refractivity contribution is 7.08. The third kappa shape index (κ3) is 3.05. The summed E-state index contributed by atoms with van der Waals surface area (Å²) < 4.78 is 3.86. The van der Waals surface area contributed by atoms with Gasteiger partial charge in [0.15, 0.2) is 0 Å². The van der Waals surface area contributed by atoms with E-state index in [1.807, 2.05) is 34.6 Å². The first kappa shape index (κ1) is 15.0. The molecule has 1 aromatic rings. The first-order chi connectivity index (χ1) is 8.31. The van der Waals surface area contributed by atoms with Crippen molar-refractivity contribution in [3.05, 3.63) is 10.6 Å². The average Bonchev–Trinajstić information content (AvgIpc) is 2.77. The van der Waals surface area contributed by atoms with Crippen LogP contribution in [0.5, 0.6) is 0 Å². The molecule has 0 aliphatic rings. The predicted molar refractivity (Wildman–Crippen MR) is 73.8 cm³/mol. The molecule has 1 aromatic heterocycles. The molecule has 102 valence electrons. The third-order valence-corrected chi connectivity index (χ3v) is 4.10. The summed E-state index contributed by atoms with van der Waals surface area (Å²) in [6.45, 7) is 10.4. The van der Waals surface area contributed by atoms with Gasteiger partial charge in [-0.15, -0.1) is 5.10 Å². The molecule has 1 amide bonds. The number of amides is 1. The Kier molecular flexibility index (Phi) is 4.81. The molecular formula is C12H22N4OS. The largest absolute Gasteiger partial charge is 0.345 e. The molecule has 1 atom stereocenters. The van der Waals surface area contributed by atoms with Gasteiger partial charge in [0.1, 0.15) is 4.88 Å². The molecule has 1 unspecified atom stereocenters. The Labute approximate surface area is 112 Å². The summed E-state index contributed by atoms with van der Waals surface area (Å²) in [7, 11) is 0. The van der Waals surface area contributed by atoms with Crippen molar-refractivity contribution in [2.24, 2.45) is 11.7 Å². The van der Waals surface area contributed by atoms with Gasteiger partial charge in [-0.25, -0.2) is 0 Å². The summed E-state index contributed by atoms with van der Waals surface area (Å²) in [5, 5.41) is 7.02. The van der Waals surface area contributed by atoms with Crippen molar-refractivity contribution in [2.75, 3.05) is 6.54 Å². The lowest BCUT2D eigenvalue weighted by atomic mass is 9.88. The molecule has 0 radical (unpaired) electrons. The number of rotatable bonds is 5. The number of carbonyl (C=O) groups is 1. The van der Waals surface area contributed by atoms with Gasteiger partial charge in [0, 0.05) is 6.54 Å². The van der Waals surface area contributed by atoms with Crippen LogP contribution in [0.15, 0.2) is 0 Å². The molecule has 1 rings (SSSR count). The quantitative estimate of drug-likeness (QED) is 0.854. The zero-order valence-electron chi connectivity index (χ0n) is 11.7. The number of nitrogens with one attached hydrogen (secondary N) is 1. The minimum atomic E-state index is -0.407. The minimum Gasteiger partial charge on any atom is -0.345 e. The van der Waals surface area contributed by atoms with E-state index in [1.165, 1.54) is 0 Å². The minimum absolute atomic E-state index is 0.129. The summed E-state index contributed by atoms with van der Waals surface area (Å²) in [5.74, 6) is 0.317. The molecule has 0 saturated carbocycles. The van der Waals surface area contributed by atoms with Crippen molar-refractivity contribution in [3.8, 4) is 0 Å². The fourth-order valence-electron chi connectivity index (χ4n) is 1.48. The van der Waals surface area contributed by atoms with Crippen LogP contribution < -0.4 is 11.1 Å². The fourth-order valence-corrected chi connectivity index (χ4v) is 2.19. The molecular weight excluding hydrogens is 248 g/mol. The van der Waals surface area contributed by atoms with Crippen molar-refractivity contribution in [1.82, 2.24) is 14.9 Å². The lowest BCUT2D eigenvalue weighted by Gasteiger charge is -2.33. The van der Waals surface area contributed by atoms with Crippen LogP contribution in [0, 0.1) is 5.92 Å². The molecule has 1 heterocycles. The first-order valence-corrected chi connectivity index (χ1v) is 6.94. The second-order valence-corrected chi connectivity index (χ2v) is 6.13.